The Labute approximate surface area is 82.3 Å². The molecule has 1 amide bonds. The van der Waals surface area contributed by atoms with Crippen LogP contribution in [0.1, 0.15) is 22.5 Å². The van der Waals surface area contributed by atoms with E-state index in [0.29, 0.717) is 10.9 Å². The van der Waals surface area contributed by atoms with Gasteiger partial charge in [0.05, 0.1) is 6.20 Å². The van der Waals surface area contributed by atoms with Crippen molar-refractivity contribution in [3.05, 3.63) is 15.0 Å². The Morgan fingerprint density at radius 2 is 2.50 bits per heavy atom. The van der Waals surface area contributed by atoms with Gasteiger partial charge in [-0.2, -0.15) is 0 Å². The fraction of sp³-hybridized carbons (Fsp3) is 0.429. The third-order valence-corrected chi connectivity index (χ3v) is 3.09. The Morgan fingerprint density at radius 1 is 1.75 bits per heavy atom. The van der Waals surface area contributed by atoms with E-state index >= 15 is 0 Å². The van der Waals surface area contributed by atoms with Crippen LogP contribution in [0.15, 0.2) is 10.1 Å². The molecule has 1 N–H and O–H groups in total. The minimum atomic E-state index is 0.000648. The second kappa shape index (κ2) is 3.14. The summed E-state index contributed by atoms with van der Waals surface area (Å²) < 4.78 is 0.753. The molecule has 1 aliphatic rings. The highest BCUT2D eigenvalue weighted by Crippen LogP contribution is 2.22. The lowest BCUT2D eigenvalue weighted by Gasteiger charge is -1.97. The number of nitrogens with one attached hydrogen (secondary N) is 1. The van der Waals surface area contributed by atoms with Gasteiger partial charge in [0.2, 0.25) is 0 Å². The van der Waals surface area contributed by atoms with Gasteiger partial charge in [-0.25, -0.2) is 4.98 Å². The molecule has 12 heavy (non-hydrogen) atoms. The van der Waals surface area contributed by atoms with E-state index in [1.807, 2.05) is 0 Å². The second-order valence-corrected chi connectivity index (χ2v) is 5.03. The summed E-state index contributed by atoms with van der Waals surface area (Å²) in [5, 5.41) is 2.89. The summed E-state index contributed by atoms with van der Waals surface area (Å²) in [6.45, 7) is 0. The predicted octanol–water partition coefficient (Wildman–Crippen LogP) is 1.80. The summed E-state index contributed by atoms with van der Waals surface area (Å²) in [5.41, 5.74) is 0. The maximum Gasteiger partial charge on any atom is 0.263 e. The van der Waals surface area contributed by atoms with Gasteiger partial charge in [0.25, 0.3) is 5.91 Å². The van der Waals surface area contributed by atoms with Gasteiger partial charge in [0.15, 0.2) is 3.92 Å². The number of halogens is 1. The van der Waals surface area contributed by atoms with Crippen molar-refractivity contribution < 1.29 is 4.79 Å². The van der Waals surface area contributed by atoms with Crippen molar-refractivity contribution in [3.63, 3.8) is 0 Å². The van der Waals surface area contributed by atoms with E-state index in [9.17, 15) is 4.79 Å². The summed E-state index contributed by atoms with van der Waals surface area (Å²) in [6, 6.07) is 0.415. The van der Waals surface area contributed by atoms with E-state index in [1.165, 1.54) is 11.3 Å². The highest BCUT2D eigenvalue weighted by atomic mass is 79.9. The Hall–Kier alpha value is -0.420. The SMILES string of the molecule is O=C(NC1CC1)c1cnc(Br)s1. The van der Waals surface area contributed by atoms with Gasteiger partial charge in [-0.05, 0) is 28.8 Å². The summed E-state index contributed by atoms with van der Waals surface area (Å²) in [5.74, 6) is 0.000648. The normalized spacial score (nSPS) is 16.1. The first-order valence-electron chi connectivity index (χ1n) is 3.68. The molecule has 1 aromatic heterocycles. The molecule has 2 rings (SSSR count). The number of hydrogen-bond acceptors (Lipinski definition) is 3. The Kier molecular flexibility index (Phi) is 2.14. The van der Waals surface area contributed by atoms with Crippen molar-refractivity contribution >= 4 is 33.2 Å². The standard InChI is InChI=1S/C7H7BrN2OS/c8-7-9-3-5(12-7)6(11)10-4-1-2-4/h3-4H,1-2H2,(H,10,11). The lowest BCUT2D eigenvalue weighted by molar-refractivity contribution is 0.0955. The van der Waals surface area contributed by atoms with Crippen LogP contribution in [0.5, 0.6) is 0 Å². The van der Waals surface area contributed by atoms with Crippen molar-refractivity contribution in [1.82, 2.24) is 10.3 Å². The summed E-state index contributed by atoms with van der Waals surface area (Å²) >= 11 is 4.57. The lowest BCUT2D eigenvalue weighted by atomic mass is 10.5. The summed E-state index contributed by atoms with van der Waals surface area (Å²) in [4.78, 5) is 16.0. The highest BCUT2D eigenvalue weighted by Gasteiger charge is 2.24. The van der Waals surface area contributed by atoms with Gasteiger partial charge in [-0.1, -0.05) is 0 Å². The predicted molar refractivity (Wildman–Crippen MR) is 50.3 cm³/mol. The smallest absolute Gasteiger partial charge is 0.263 e. The molecule has 1 aromatic rings. The van der Waals surface area contributed by atoms with E-state index < -0.39 is 0 Å². The Bertz CT molecular complexity index is 308. The molecule has 1 heterocycles. The monoisotopic (exact) mass is 246 g/mol. The number of amides is 1. The molecule has 5 heteroatoms. The van der Waals surface area contributed by atoms with Gasteiger partial charge >= 0.3 is 0 Å². The van der Waals surface area contributed by atoms with E-state index in [2.05, 4.69) is 26.2 Å². The molecule has 0 aliphatic heterocycles. The number of thiazole rings is 1. The zero-order chi connectivity index (χ0) is 8.55. The van der Waals surface area contributed by atoms with Gasteiger partial charge in [-0.15, -0.1) is 11.3 Å². The number of rotatable bonds is 2. The molecule has 1 fully saturated rings. The molecule has 3 nitrogen and oxygen atoms in total. The fourth-order valence-electron chi connectivity index (χ4n) is 0.842. The third kappa shape index (κ3) is 1.84. The first-order valence-corrected chi connectivity index (χ1v) is 5.29. The number of aromatic nitrogens is 1. The topological polar surface area (TPSA) is 42.0 Å². The van der Waals surface area contributed by atoms with Crippen molar-refractivity contribution in [3.8, 4) is 0 Å². The minimum absolute atomic E-state index is 0.000648. The van der Waals surface area contributed by atoms with E-state index in [-0.39, 0.29) is 5.91 Å². The highest BCUT2D eigenvalue weighted by molar-refractivity contribution is 9.11. The first-order chi connectivity index (χ1) is 5.75. The van der Waals surface area contributed by atoms with Gasteiger partial charge < -0.3 is 5.32 Å². The number of hydrogen-bond donors (Lipinski definition) is 1. The fourth-order valence-corrected chi connectivity index (χ4v) is 2.01. The van der Waals surface area contributed by atoms with Crippen LogP contribution < -0.4 is 5.32 Å². The summed E-state index contributed by atoms with van der Waals surface area (Å²) in [7, 11) is 0. The average Bonchev–Trinajstić information content (AvgIpc) is 2.72. The molecular weight excluding hydrogens is 240 g/mol. The van der Waals surface area contributed by atoms with Crippen molar-refractivity contribution in [2.45, 2.75) is 18.9 Å². The Morgan fingerprint density at radius 3 is 3.00 bits per heavy atom. The number of carbonyl (C=O) groups excluding carboxylic acids is 1. The zero-order valence-electron chi connectivity index (χ0n) is 6.21. The van der Waals surface area contributed by atoms with Crippen LogP contribution in [0.25, 0.3) is 0 Å². The first kappa shape index (κ1) is 8.19. The van der Waals surface area contributed by atoms with Crippen LogP contribution in [0.4, 0.5) is 0 Å². The molecule has 0 spiro atoms. The van der Waals surface area contributed by atoms with Gasteiger partial charge in [-0.3, -0.25) is 4.79 Å². The van der Waals surface area contributed by atoms with Gasteiger partial charge in [0, 0.05) is 6.04 Å². The quantitative estimate of drug-likeness (QED) is 0.865. The average molecular weight is 247 g/mol. The maximum absolute atomic E-state index is 11.3. The van der Waals surface area contributed by atoms with Crippen LogP contribution in [-0.2, 0) is 0 Å². The molecular formula is C7H7BrN2OS. The minimum Gasteiger partial charge on any atom is -0.349 e. The lowest BCUT2D eigenvalue weighted by Crippen LogP contribution is -2.24. The molecule has 1 saturated carbocycles. The maximum atomic E-state index is 11.3. The van der Waals surface area contributed by atoms with Crippen LogP contribution in [-0.4, -0.2) is 16.9 Å². The van der Waals surface area contributed by atoms with E-state index in [4.69, 9.17) is 0 Å². The molecule has 0 saturated heterocycles. The molecule has 0 bridgehead atoms. The number of nitrogens with zero attached hydrogens (tertiary/aromatic N) is 1. The third-order valence-electron chi connectivity index (χ3n) is 1.61. The molecule has 1 aliphatic carbocycles. The largest absolute Gasteiger partial charge is 0.349 e. The second-order valence-electron chi connectivity index (χ2n) is 2.73. The van der Waals surface area contributed by atoms with Crippen LogP contribution in [0.3, 0.4) is 0 Å². The molecule has 0 atom stereocenters. The number of carbonyl (C=O) groups is 1. The van der Waals surface area contributed by atoms with E-state index in [0.717, 1.165) is 16.8 Å². The summed E-state index contributed by atoms with van der Waals surface area (Å²) in [6.07, 6.45) is 3.82. The van der Waals surface area contributed by atoms with Crippen molar-refractivity contribution in [2.75, 3.05) is 0 Å². The molecule has 0 aromatic carbocycles. The van der Waals surface area contributed by atoms with Crippen LogP contribution >= 0.6 is 27.3 Å². The molecule has 64 valence electrons. The van der Waals surface area contributed by atoms with Gasteiger partial charge in [0.1, 0.15) is 4.88 Å². The molecule has 0 unspecified atom stereocenters. The Balaban J connectivity index is 2.03. The van der Waals surface area contributed by atoms with Crippen molar-refractivity contribution in [1.29, 1.82) is 0 Å². The van der Waals surface area contributed by atoms with E-state index in [1.54, 1.807) is 6.20 Å². The van der Waals surface area contributed by atoms with Crippen LogP contribution in [0.2, 0.25) is 0 Å². The van der Waals surface area contributed by atoms with Crippen molar-refractivity contribution in [2.24, 2.45) is 0 Å². The zero-order valence-corrected chi connectivity index (χ0v) is 8.61. The molecule has 0 radical (unpaired) electrons. The van der Waals surface area contributed by atoms with Crippen LogP contribution in [0, 0.1) is 0 Å².